The Morgan fingerprint density at radius 2 is 1.08 bits per heavy atom. The minimum Gasteiger partial charge on any atom is -0.330 e. The Hall–Kier alpha value is -3.74. The molecule has 0 aliphatic rings. The SMILES string of the molecule is NCCCNCCCCNCCCN(C(=O)c1ccc([N+](=O)[O-])cc1)C(=O)c1ccc([N+](=O)[O-])cc1. The number of carbonyl (C=O) groups is 2. The fourth-order valence-corrected chi connectivity index (χ4v) is 3.40. The van der Waals surface area contributed by atoms with E-state index in [2.05, 4.69) is 10.6 Å². The van der Waals surface area contributed by atoms with Gasteiger partial charge in [0.05, 0.1) is 9.85 Å². The van der Waals surface area contributed by atoms with Gasteiger partial charge in [-0.2, -0.15) is 0 Å². The number of benzene rings is 2. The summed E-state index contributed by atoms with van der Waals surface area (Å²) in [5.41, 5.74) is 5.38. The van der Waals surface area contributed by atoms with Crippen molar-refractivity contribution >= 4 is 23.2 Å². The van der Waals surface area contributed by atoms with Crippen LogP contribution >= 0.6 is 0 Å². The Bertz CT molecular complexity index is 943. The van der Waals surface area contributed by atoms with Crippen molar-refractivity contribution < 1.29 is 19.4 Å². The third kappa shape index (κ3) is 9.13. The molecule has 2 amide bonds. The van der Waals surface area contributed by atoms with Crippen LogP contribution in [0, 0.1) is 20.2 Å². The fourth-order valence-electron chi connectivity index (χ4n) is 3.40. The predicted octanol–water partition coefficient (Wildman–Crippen LogP) is 2.48. The van der Waals surface area contributed by atoms with Crippen molar-refractivity contribution in [1.82, 2.24) is 15.5 Å². The van der Waals surface area contributed by atoms with Crippen molar-refractivity contribution in [2.45, 2.75) is 25.7 Å². The summed E-state index contributed by atoms with van der Waals surface area (Å²) in [6, 6.07) is 10.0. The van der Waals surface area contributed by atoms with Gasteiger partial charge in [0.2, 0.25) is 0 Å². The van der Waals surface area contributed by atoms with E-state index in [1.54, 1.807) is 0 Å². The summed E-state index contributed by atoms with van der Waals surface area (Å²) in [4.78, 5) is 48.0. The molecular formula is C24H32N6O6. The monoisotopic (exact) mass is 500 g/mol. The molecule has 0 aliphatic carbocycles. The molecule has 0 aliphatic heterocycles. The van der Waals surface area contributed by atoms with E-state index < -0.39 is 21.7 Å². The lowest BCUT2D eigenvalue weighted by Crippen LogP contribution is -2.38. The summed E-state index contributed by atoms with van der Waals surface area (Å²) in [5.74, 6) is -1.20. The van der Waals surface area contributed by atoms with Gasteiger partial charge in [0.25, 0.3) is 23.2 Å². The van der Waals surface area contributed by atoms with Crippen LogP contribution in [0.5, 0.6) is 0 Å². The highest BCUT2D eigenvalue weighted by Crippen LogP contribution is 2.17. The third-order valence-corrected chi connectivity index (χ3v) is 5.39. The number of carbonyl (C=O) groups excluding carboxylic acids is 2. The van der Waals surface area contributed by atoms with E-state index >= 15 is 0 Å². The molecule has 2 rings (SSSR count). The Kier molecular flexibility index (Phi) is 12.1. The summed E-state index contributed by atoms with van der Waals surface area (Å²) in [5, 5.41) is 28.4. The maximum absolute atomic E-state index is 13.1. The summed E-state index contributed by atoms with van der Waals surface area (Å²) < 4.78 is 0. The standard InChI is InChI=1S/C24H32N6O6/c25-13-3-16-26-14-1-2-15-27-17-4-18-28(23(31)19-5-9-21(10-6-19)29(33)34)24(32)20-7-11-22(12-8-20)30(35)36/h5-12,26-27H,1-4,13-18,25H2. The van der Waals surface area contributed by atoms with Crippen molar-refractivity contribution in [3.8, 4) is 0 Å². The van der Waals surface area contributed by atoms with Crippen LogP contribution in [0.2, 0.25) is 0 Å². The maximum atomic E-state index is 13.1. The second-order valence-electron chi connectivity index (χ2n) is 8.07. The predicted molar refractivity (Wildman–Crippen MR) is 135 cm³/mol. The number of hydrogen-bond donors (Lipinski definition) is 3. The van der Waals surface area contributed by atoms with Gasteiger partial charge in [0, 0.05) is 41.9 Å². The zero-order chi connectivity index (χ0) is 26.3. The Balaban J connectivity index is 1.97. The first-order chi connectivity index (χ1) is 17.3. The van der Waals surface area contributed by atoms with Crippen LogP contribution in [0.3, 0.4) is 0 Å². The number of nitro benzene ring substituents is 2. The van der Waals surface area contributed by atoms with Gasteiger partial charge in [0.15, 0.2) is 0 Å². The molecule has 194 valence electrons. The molecule has 4 N–H and O–H groups in total. The molecule has 0 spiro atoms. The van der Waals surface area contributed by atoms with Gasteiger partial charge in [-0.15, -0.1) is 0 Å². The van der Waals surface area contributed by atoms with Crippen LogP contribution in [0.4, 0.5) is 11.4 Å². The topological polar surface area (TPSA) is 174 Å². The zero-order valence-electron chi connectivity index (χ0n) is 20.1. The Labute approximate surface area is 209 Å². The van der Waals surface area contributed by atoms with E-state index in [-0.39, 0.29) is 29.0 Å². The molecule has 36 heavy (non-hydrogen) atoms. The molecule has 0 unspecified atom stereocenters. The molecule has 0 bridgehead atoms. The van der Waals surface area contributed by atoms with Gasteiger partial charge in [-0.25, -0.2) is 0 Å². The van der Waals surface area contributed by atoms with E-state index in [9.17, 15) is 29.8 Å². The summed E-state index contributed by atoms with van der Waals surface area (Å²) in [6.45, 7) is 3.99. The van der Waals surface area contributed by atoms with Crippen LogP contribution < -0.4 is 16.4 Å². The normalized spacial score (nSPS) is 10.7. The van der Waals surface area contributed by atoms with E-state index in [4.69, 9.17) is 5.73 Å². The number of nitrogens with zero attached hydrogens (tertiary/aromatic N) is 3. The number of hydrogen-bond acceptors (Lipinski definition) is 9. The zero-order valence-corrected chi connectivity index (χ0v) is 20.1. The van der Waals surface area contributed by atoms with Crippen molar-refractivity contribution in [2.75, 3.05) is 39.3 Å². The molecule has 0 radical (unpaired) electrons. The van der Waals surface area contributed by atoms with Crippen LogP contribution in [0.1, 0.15) is 46.4 Å². The number of non-ortho nitro benzene ring substituents is 2. The fraction of sp³-hybridized carbons (Fsp3) is 0.417. The Morgan fingerprint density at radius 1 is 0.694 bits per heavy atom. The number of amides is 2. The van der Waals surface area contributed by atoms with Crippen LogP contribution in [-0.4, -0.2) is 65.8 Å². The highest BCUT2D eigenvalue weighted by molar-refractivity contribution is 6.10. The first-order valence-electron chi connectivity index (χ1n) is 11.8. The molecule has 0 heterocycles. The number of imide groups is 1. The van der Waals surface area contributed by atoms with Crippen LogP contribution in [-0.2, 0) is 0 Å². The quantitative estimate of drug-likeness (QED) is 0.135. The number of rotatable bonds is 16. The highest BCUT2D eigenvalue weighted by Gasteiger charge is 2.25. The van der Waals surface area contributed by atoms with Crippen molar-refractivity contribution in [2.24, 2.45) is 5.73 Å². The van der Waals surface area contributed by atoms with Gasteiger partial charge in [0.1, 0.15) is 0 Å². The summed E-state index contributed by atoms with van der Waals surface area (Å²) in [7, 11) is 0. The van der Waals surface area contributed by atoms with Gasteiger partial charge in [-0.3, -0.25) is 34.7 Å². The Morgan fingerprint density at radius 3 is 1.47 bits per heavy atom. The second kappa shape index (κ2) is 15.3. The lowest BCUT2D eigenvalue weighted by Gasteiger charge is -2.21. The molecule has 2 aromatic rings. The van der Waals surface area contributed by atoms with Crippen molar-refractivity contribution in [3.63, 3.8) is 0 Å². The molecule has 2 aromatic carbocycles. The molecule has 12 heteroatoms. The maximum Gasteiger partial charge on any atom is 0.269 e. The summed E-state index contributed by atoms with van der Waals surface area (Å²) in [6.07, 6.45) is 3.43. The molecular weight excluding hydrogens is 468 g/mol. The van der Waals surface area contributed by atoms with E-state index in [1.165, 1.54) is 48.5 Å². The number of unbranched alkanes of at least 4 members (excludes halogenated alkanes) is 1. The summed E-state index contributed by atoms with van der Waals surface area (Å²) >= 11 is 0. The smallest absolute Gasteiger partial charge is 0.269 e. The lowest BCUT2D eigenvalue weighted by atomic mass is 10.1. The molecule has 0 saturated carbocycles. The van der Waals surface area contributed by atoms with E-state index in [0.717, 1.165) is 43.8 Å². The van der Waals surface area contributed by atoms with Gasteiger partial charge >= 0.3 is 0 Å². The molecule has 12 nitrogen and oxygen atoms in total. The molecule has 0 fully saturated rings. The molecule has 0 aromatic heterocycles. The highest BCUT2D eigenvalue weighted by atomic mass is 16.6. The van der Waals surface area contributed by atoms with Crippen LogP contribution in [0.25, 0.3) is 0 Å². The van der Waals surface area contributed by atoms with E-state index in [0.29, 0.717) is 19.5 Å². The average molecular weight is 501 g/mol. The number of nitrogens with two attached hydrogens (primary N) is 1. The first kappa shape index (κ1) is 28.5. The largest absolute Gasteiger partial charge is 0.330 e. The first-order valence-corrected chi connectivity index (χ1v) is 11.8. The van der Waals surface area contributed by atoms with Gasteiger partial charge in [-0.05, 0) is 82.7 Å². The van der Waals surface area contributed by atoms with Crippen molar-refractivity contribution in [3.05, 3.63) is 79.9 Å². The molecule has 0 atom stereocenters. The third-order valence-electron chi connectivity index (χ3n) is 5.39. The minimum atomic E-state index is -0.600. The van der Waals surface area contributed by atoms with E-state index in [1.807, 2.05) is 0 Å². The van der Waals surface area contributed by atoms with Gasteiger partial charge in [-0.1, -0.05) is 0 Å². The second-order valence-corrected chi connectivity index (χ2v) is 8.07. The minimum absolute atomic E-state index is 0.110. The van der Waals surface area contributed by atoms with Crippen molar-refractivity contribution in [1.29, 1.82) is 0 Å². The van der Waals surface area contributed by atoms with Gasteiger partial charge < -0.3 is 16.4 Å². The lowest BCUT2D eigenvalue weighted by molar-refractivity contribution is -0.385. The molecule has 0 saturated heterocycles. The number of nitro groups is 2. The number of nitrogens with one attached hydrogen (secondary N) is 2. The van der Waals surface area contributed by atoms with Crippen LogP contribution in [0.15, 0.2) is 48.5 Å². The average Bonchev–Trinajstić information content (AvgIpc) is 2.89.